The maximum atomic E-state index is 13.1. The zero-order chi connectivity index (χ0) is 18.8. The zero-order valence-electron chi connectivity index (χ0n) is 14.6. The molecule has 1 N–H and O–H groups in total. The van der Waals surface area contributed by atoms with Gasteiger partial charge in [0.15, 0.2) is 0 Å². The molecule has 2 heterocycles. The molecule has 1 aliphatic rings. The Morgan fingerprint density at radius 1 is 1.15 bits per heavy atom. The number of amides is 1. The summed E-state index contributed by atoms with van der Waals surface area (Å²) in [6.07, 6.45) is 1.62. The van der Waals surface area contributed by atoms with Gasteiger partial charge in [0.1, 0.15) is 18.2 Å². The summed E-state index contributed by atoms with van der Waals surface area (Å²) in [5.74, 6) is 0.131. The molecule has 6 nitrogen and oxygen atoms in total. The Bertz CT molecular complexity index is 1010. The number of hydrogen-bond donors (Lipinski definition) is 1. The van der Waals surface area contributed by atoms with Crippen LogP contribution in [-0.4, -0.2) is 34.7 Å². The normalized spacial score (nSPS) is 13.2. The van der Waals surface area contributed by atoms with Crippen molar-refractivity contribution in [2.45, 2.75) is 6.92 Å². The van der Waals surface area contributed by atoms with Crippen molar-refractivity contribution in [1.82, 2.24) is 9.78 Å². The Morgan fingerprint density at radius 2 is 1.89 bits per heavy atom. The minimum Gasteiger partial charge on any atom is -0.475 e. The first-order chi connectivity index (χ1) is 13.1. The fourth-order valence-corrected chi connectivity index (χ4v) is 2.79. The summed E-state index contributed by atoms with van der Waals surface area (Å²) in [5.41, 5.74) is 2.85. The molecule has 3 aromatic rings. The standard InChI is InChI=1S/C20H17FN4O2/c1-13-2-8-16(9-3-13)25-18(17(12-23-25)20-22-10-11-27-20)24-19(26)14-4-6-15(21)7-5-14/h2-9,12H,10-11H2,1H3,(H,24,26). The molecule has 4 rings (SSSR count). The minimum atomic E-state index is -0.398. The molecule has 1 aromatic heterocycles. The van der Waals surface area contributed by atoms with Crippen LogP contribution in [0.5, 0.6) is 0 Å². The molecule has 136 valence electrons. The molecule has 0 atom stereocenters. The number of aryl methyl sites for hydroxylation is 1. The number of carbonyl (C=O) groups is 1. The number of carbonyl (C=O) groups excluding carboxylic acids is 1. The SMILES string of the molecule is Cc1ccc(-n2ncc(C3=NCCO3)c2NC(=O)c2ccc(F)cc2)cc1. The number of rotatable bonds is 4. The van der Waals surface area contributed by atoms with Crippen molar-refractivity contribution < 1.29 is 13.9 Å². The van der Waals surface area contributed by atoms with Crippen molar-refractivity contribution in [3.63, 3.8) is 0 Å². The van der Waals surface area contributed by atoms with Crippen molar-refractivity contribution in [2.75, 3.05) is 18.5 Å². The quantitative estimate of drug-likeness (QED) is 0.772. The monoisotopic (exact) mass is 364 g/mol. The number of benzene rings is 2. The largest absolute Gasteiger partial charge is 0.475 e. The summed E-state index contributed by atoms with van der Waals surface area (Å²) in [4.78, 5) is 17.0. The number of nitrogens with zero attached hydrogens (tertiary/aromatic N) is 3. The predicted octanol–water partition coefficient (Wildman–Crippen LogP) is 3.35. The van der Waals surface area contributed by atoms with Crippen molar-refractivity contribution >= 4 is 17.6 Å². The molecule has 0 saturated carbocycles. The first-order valence-electron chi connectivity index (χ1n) is 8.51. The molecular weight excluding hydrogens is 347 g/mol. The van der Waals surface area contributed by atoms with Crippen LogP contribution in [0.15, 0.2) is 59.7 Å². The molecule has 0 unspecified atom stereocenters. The number of aliphatic imine (C=N–C) groups is 1. The Hall–Kier alpha value is -3.48. The van der Waals surface area contributed by atoms with E-state index in [9.17, 15) is 9.18 Å². The van der Waals surface area contributed by atoms with Crippen molar-refractivity contribution in [3.05, 3.63) is 77.2 Å². The maximum Gasteiger partial charge on any atom is 0.256 e. The van der Waals surface area contributed by atoms with Crippen LogP contribution in [0.3, 0.4) is 0 Å². The summed E-state index contributed by atoms with van der Waals surface area (Å²) in [7, 11) is 0. The van der Waals surface area contributed by atoms with E-state index in [-0.39, 0.29) is 5.91 Å². The number of aromatic nitrogens is 2. The van der Waals surface area contributed by atoms with Crippen molar-refractivity contribution in [3.8, 4) is 5.69 Å². The predicted molar refractivity (Wildman–Crippen MR) is 100 cm³/mol. The number of hydrogen-bond acceptors (Lipinski definition) is 4. The van der Waals surface area contributed by atoms with Gasteiger partial charge in [0, 0.05) is 5.56 Å². The van der Waals surface area contributed by atoms with E-state index in [1.807, 2.05) is 31.2 Å². The Kier molecular flexibility index (Phi) is 4.42. The average molecular weight is 364 g/mol. The van der Waals surface area contributed by atoms with Gasteiger partial charge in [-0.25, -0.2) is 14.1 Å². The highest BCUT2D eigenvalue weighted by Crippen LogP contribution is 2.24. The summed E-state index contributed by atoms with van der Waals surface area (Å²) in [5, 5.41) is 7.27. The smallest absolute Gasteiger partial charge is 0.256 e. The van der Waals surface area contributed by atoms with Crippen LogP contribution < -0.4 is 5.32 Å². The summed E-state index contributed by atoms with van der Waals surface area (Å²) < 4.78 is 20.3. The molecule has 1 aliphatic heterocycles. The average Bonchev–Trinajstić information content (AvgIpc) is 3.33. The minimum absolute atomic E-state index is 0.341. The van der Waals surface area contributed by atoms with E-state index >= 15 is 0 Å². The zero-order valence-corrected chi connectivity index (χ0v) is 14.6. The van der Waals surface area contributed by atoms with Gasteiger partial charge in [0.05, 0.1) is 24.0 Å². The summed E-state index contributed by atoms with van der Waals surface area (Å²) in [6, 6.07) is 13.1. The van der Waals surface area contributed by atoms with E-state index < -0.39 is 5.82 Å². The van der Waals surface area contributed by atoms with Crippen LogP contribution in [0.2, 0.25) is 0 Å². The summed E-state index contributed by atoms with van der Waals surface area (Å²) >= 11 is 0. The Labute approximate surface area is 155 Å². The highest BCUT2D eigenvalue weighted by Gasteiger charge is 2.22. The van der Waals surface area contributed by atoms with Gasteiger partial charge in [-0.2, -0.15) is 5.10 Å². The Morgan fingerprint density at radius 3 is 2.56 bits per heavy atom. The number of nitrogens with one attached hydrogen (secondary N) is 1. The molecule has 0 radical (unpaired) electrons. The highest BCUT2D eigenvalue weighted by molar-refractivity contribution is 6.08. The van der Waals surface area contributed by atoms with Crippen LogP contribution in [0.1, 0.15) is 21.5 Å². The van der Waals surface area contributed by atoms with E-state index in [1.165, 1.54) is 24.3 Å². The molecule has 0 aliphatic carbocycles. The third kappa shape index (κ3) is 3.44. The van der Waals surface area contributed by atoms with E-state index in [0.29, 0.717) is 36.0 Å². The van der Waals surface area contributed by atoms with E-state index in [2.05, 4.69) is 15.4 Å². The second-order valence-electron chi connectivity index (χ2n) is 6.15. The maximum absolute atomic E-state index is 13.1. The Balaban J connectivity index is 1.74. The summed E-state index contributed by atoms with van der Waals surface area (Å²) in [6.45, 7) is 3.06. The van der Waals surface area contributed by atoms with Gasteiger partial charge in [0.2, 0.25) is 5.90 Å². The van der Waals surface area contributed by atoms with E-state index in [4.69, 9.17) is 4.74 Å². The topological polar surface area (TPSA) is 68.5 Å². The van der Waals surface area contributed by atoms with Crippen LogP contribution >= 0.6 is 0 Å². The lowest BCUT2D eigenvalue weighted by Gasteiger charge is -2.12. The third-order valence-corrected chi connectivity index (χ3v) is 4.20. The first kappa shape index (κ1) is 17.0. The van der Waals surface area contributed by atoms with Gasteiger partial charge < -0.3 is 10.1 Å². The van der Waals surface area contributed by atoms with Crippen LogP contribution in [-0.2, 0) is 4.74 Å². The second kappa shape index (κ2) is 7.03. The lowest BCUT2D eigenvalue weighted by atomic mass is 10.2. The molecule has 1 amide bonds. The lowest BCUT2D eigenvalue weighted by Crippen LogP contribution is -2.17. The lowest BCUT2D eigenvalue weighted by molar-refractivity contribution is 0.102. The molecule has 2 aromatic carbocycles. The fourth-order valence-electron chi connectivity index (χ4n) is 2.79. The molecule has 0 bridgehead atoms. The van der Waals surface area contributed by atoms with Crippen molar-refractivity contribution in [1.29, 1.82) is 0 Å². The number of halogens is 1. The van der Waals surface area contributed by atoms with Gasteiger partial charge >= 0.3 is 0 Å². The van der Waals surface area contributed by atoms with E-state index in [1.54, 1.807) is 10.9 Å². The molecular formula is C20H17FN4O2. The molecule has 0 spiro atoms. The highest BCUT2D eigenvalue weighted by atomic mass is 19.1. The molecule has 0 fully saturated rings. The van der Waals surface area contributed by atoms with Gasteiger partial charge in [-0.3, -0.25) is 4.79 Å². The van der Waals surface area contributed by atoms with Gasteiger partial charge in [-0.1, -0.05) is 17.7 Å². The first-order valence-corrected chi connectivity index (χ1v) is 8.51. The number of anilines is 1. The van der Waals surface area contributed by atoms with E-state index in [0.717, 1.165) is 11.3 Å². The second-order valence-corrected chi connectivity index (χ2v) is 6.15. The number of ether oxygens (including phenoxy) is 1. The van der Waals surface area contributed by atoms with Crippen LogP contribution in [0.25, 0.3) is 5.69 Å². The molecule has 7 heteroatoms. The van der Waals surface area contributed by atoms with Crippen LogP contribution in [0, 0.1) is 12.7 Å². The molecule has 0 saturated heterocycles. The molecule has 27 heavy (non-hydrogen) atoms. The van der Waals surface area contributed by atoms with Crippen molar-refractivity contribution in [2.24, 2.45) is 4.99 Å². The van der Waals surface area contributed by atoms with Gasteiger partial charge in [-0.15, -0.1) is 0 Å². The third-order valence-electron chi connectivity index (χ3n) is 4.20. The van der Waals surface area contributed by atoms with Gasteiger partial charge in [-0.05, 0) is 43.3 Å². The van der Waals surface area contributed by atoms with Gasteiger partial charge in [0.25, 0.3) is 5.91 Å². The van der Waals surface area contributed by atoms with Crippen LogP contribution in [0.4, 0.5) is 10.2 Å². The fraction of sp³-hybridized carbons (Fsp3) is 0.150.